The molecule has 0 bridgehead atoms. The molecule has 1 aliphatic heterocycles. The third-order valence-electron chi connectivity index (χ3n) is 2.85. The number of aromatic nitrogens is 4. The summed E-state index contributed by atoms with van der Waals surface area (Å²) in [5.74, 6) is 1.28. The van der Waals surface area contributed by atoms with Crippen molar-refractivity contribution in [3.8, 4) is 11.6 Å². The van der Waals surface area contributed by atoms with E-state index in [1.54, 1.807) is 10.9 Å². The number of aryl methyl sites for hydroxylation is 1. The van der Waals surface area contributed by atoms with Crippen LogP contribution >= 0.6 is 0 Å². The molecule has 1 fully saturated rings. The van der Waals surface area contributed by atoms with E-state index in [0.29, 0.717) is 5.89 Å². The SMILES string of the molecule is Cn1nccc1-c1nc(C2CCCN2)no1. The van der Waals surface area contributed by atoms with Crippen LogP contribution in [0.25, 0.3) is 11.6 Å². The van der Waals surface area contributed by atoms with E-state index in [0.717, 1.165) is 24.5 Å². The lowest BCUT2D eigenvalue weighted by molar-refractivity contribution is 0.409. The van der Waals surface area contributed by atoms with E-state index in [2.05, 4.69) is 20.6 Å². The van der Waals surface area contributed by atoms with Crippen molar-refractivity contribution in [2.24, 2.45) is 7.05 Å². The molecule has 0 aliphatic carbocycles. The predicted molar refractivity (Wildman–Crippen MR) is 56.5 cm³/mol. The Hall–Kier alpha value is -1.69. The molecule has 1 aliphatic rings. The van der Waals surface area contributed by atoms with E-state index in [4.69, 9.17) is 4.52 Å². The molecule has 6 nitrogen and oxygen atoms in total. The zero-order valence-corrected chi connectivity index (χ0v) is 9.05. The van der Waals surface area contributed by atoms with Crippen LogP contribution in [-0.4, -0.2) is 26.5 Å². The molecule has 0 aromatic carbocycles. The summed E-state index contributed by atoms with van der Waals surface area (Å²) in [6, 6.07) is 2.10. The standard InChI is InChI=1S/C10H13N5O/c1-15-8(4-6-12-15)10-13-9(14-16-10)7-3-2-5-11-7/h4,6-7,11H,2-3,5H2,1H3. The highest BCUT2D eigenvalue weighted by Gasteiger charge is 2.22. The second-order valence-corrected chi connectivity index (χ2v) is 3.95. The van der Waals surface area contributed by atoms with Crippen LogP contribution in [0, 0.1) is 0 Å². The smallest absolute Gasteiger partial charge is 0.276 e. The lowest BCUT2D eigenvalue weighted by Crippen LogP contribution is -2.14. The Morgan fingerprint density at radius 3 is 3.19 bits per heavy atom. The van der Waals surface area contributed by atoms with Crippen molar-refractivity contribution in [1.82, 2.24) is 25.2 Å². The third-order valence-corrected chi connectivity index (χ3v) is 2.85. The Morgan fingerprint density at radius 2 is 2.50 bits per heavy atom. The van der Waals surface area contributed by atoms with E-state index in [-0.39, 0.29) is 6.04 Å². The number of nitrogens with one attached hydrogen (secondary N) is 1. The van der Waals surface area contributed by atoms with Crippen molar-refractivity contribution in [3.05, 3.63) is 18.1 Å². The number of hydrogen-bond donors (Lipinski definition) is 1. The largest absolute Gasteiger partial charge is 0.332 e. The van der Waals surface area contributed by atoms with Gasteiger partial charge in [0.15, 0.2) is 5.82 Å². The Balaban J connectivity index is 1.90. The van der Waals surface area contributed by atoms with Crippen LogP contribution in [0.4, 0.5) is 0 Å². The Labute approximate surface area is 92.6 Å². The van der Waals surface area contributed by atoms with Crippen LogP contribution in [0.3, 0.4) is 0 Å². The van der Waals surface area contributed by atoms with Gasteiger partial charge in [0.2, 0.25) is 0 Å². The summed E-state index contributed by atoms with van der Waals surface area (Å²) in [5, 5.41) is 11.4. The average molecular weight is 219 g/mol. The van der Waals surface area contributed by atoms with Crippen molar-refractivity contribution < 1.29 is 4.52 Å². The number of rotatable bonds is 2. The van der Waals surface area contributed by atoms with E-state index < -0.39 is 0 Å². The second kappa shape index (κ2) is 3.71. The quantitative estimate of drug-likeness (QED) is 0.812. The molecule has 3 heterocycles. The summed E-state index contributed by atoms with van der Waals surface area (Å²) in [7, 11) is 1.85. The predicted octanol–water partition coefficient (Wildman–Crippen LogP) is 0.895. The van der Waals surface area contributed by atoms with Gasteiger partial charge in [-0.15, -0.1) is 0 Å². The molecular formula is C10H13N5O. The maximum Gasteiger partial charge on any atom is 0.276 e. The van der Waals surface area contributed by atoms with E-state index in [9.17, 15) is 0 Å². The molecule has 1 saturated heterocycles. The first kappa shape index (κ1) is 9.53. The summed E-state index contributed by atoms with van der Waals surface area (Å²) in [5.41, 5.74) is 0.844. The molecule has 0 amide bonds. The maximum atomic E-state index is 5.24. The minimum Gasteiger partial charge on any atom is -0.332 e. The molecule has 3 rings (SSSR count). The normalized spacial score (nSPS) is 20.4. The van der Waals surface area contributed by atoms with Gasteiger partial charge < -0.3 is 9.84 Å². The van der Waals surface area contributed by atoms with Gasteiger partial charge in [-0.25, -0.2) is 0 Å². The molecule has 84 valence electrons. The van der Waals surface area contributed by atoms with Gasteiger partial charge in [0, 0.05) is 13.2 Å². The monoisotopic (exact) mass is 219 g/mol. The van der Waals surface area contributed by atoms with Crippen LogP contribution in [0.5, 0.6) is 0 Å². The fourth-order valence-corrected chi connectivity index (χ4v) is 1.97. The minimum absolute atomic E-state index is 0.241. The van der Waals surface area contributed by atoms with Gasteiger partial charge in [0.1, 0.15) is 5.69 Å². The number of hydrogen-bond acceptors (Lipinski definition) is 5. The van der Waals surface area contributed by atoms with E-state index >= 15 is 0 Å². The van der Waals surface area contributed by atoms with Crippen molar-refractivity contribution in [3.63, 3.8) is 0 Å². The molecule has 1 unspecified atom stereocenters. The third kappa shape index (κ3) is 1.51. The van der Waals surface area contributed by atoms with Crippen LogP contribution < -0.4 is 5.32 Å². The lowest BCUT2D eigenvalue weighted by atomic mass is 10.2. The highest BCUT2D eigenvalue weighted by molar-refractivity contribution is 5.45. The molecule has 0 saturated carbocycles. The molecule has 16 heavy (non-hydrogen) atoms. The molecular weight excluding hydrogens is 206 g/mol. The van der Waals surface area contributed by atoms with Crippen molar-refractivity contribution in [1.29, 1.82) is 0 Å². The average Bonchev–Trinajstić information content (AvgIpc) is 2.96. The minimum atomic E-state index is 0.241. The Morgan fingerprint density at radius 1 is 1.56 bits per heavy atom. The number of nitrogens with zero attached hydrogens (tertiary/aromatic N) is 4. The summed E-state index contributed by atoms with van der Waals surface area (Å²) in [4.78, 5) is 4.39. The summed E-state index contributed by atoms with van der Waals surface area (Å²) >= 11 is 0. The Bertz CT molecular complexity index is 483. The molecule has 0 spiro atoms. The lowest BCUT2D eigenvalue weighted by Gasteiger charge is -2.01. The van der Waals surface area contributed by atoms with Gasteiger partial charge in [0.25, 0.3) is 5.89 Å². The fourth-order valence-electron chi connectivity index (χ4n) is 1.97. The topological polar surface area (TPSA) is 68.8 Å². The van der Waals surface area contributed by atoms with E-state index in [1.807, 2.05) is 13.1 Å². The van der Waals surface area contributed by atoms with Gasteiger partial charge in [0.05, 0.1) is 6.04 Å². The zero-order chi connectivity index (χ0) is 11.0. The summed E-state index contributed by atoms with van der Waals surface area (Å²) in [6.07, 6.45) is 3.96. The fraction of sp³-hybridized carbons (Fsp3) is 0.500. The summed E-state index contributed by atoms with van der Waals surface area (Å²) in [6.45, 7) is 1.03. The van der Waals surface area contributed by atoms with Gasteiger partial charge in [-0.3, -0.25) is 4.68 Å². The molecule has 1 N–H and O–H groups in total. The van der Waals surface area contributed by atoms with Crippen LogP contribution in [0.15, 0.2) is 16.8 Å². The van der Waals surface area contributed by atoms with Crippen molar-refractivity contribution >= 4 is 0 Å². The van der Waals surface area contributed by atoms with Gasteiger partial charge in [-0.05, 0) is 25.5 Å². The van der Waals surface area contributed by atoms with Gasteiger partial charge in [-0.2, -0.15) is 10.1 Å². The first-order valence-corrected chi connectivity index (χ1v) is 5.40. The highest BCUT2D eigenvalue weighted by Crippen LogP contribution is 2.23. The van der Waals surface area contributed by atoms with Crippen molar-refractivity contribution in [2.45, 2.75) is 18.9 Å². The molecule has 2 aromatic rings. The first-order chi connectivity index (χ1) is 7.84. The second-order valence-electron chi connectivity index (χ2n) is 3.95. The van der Waals surface area contributed by atoms with Crippen LogP contribution in [0.2, 0.25) is 0 Å². The van der Waals surface area contributed by atoms with Gasteiger partial charge >= 0.3 is 0 Å². The molecule has 1 atom stereocenters. The summed E-state index contributed by atoms with van der Waals surface area (Å²) < 4.78 is 6.96. The van der Waals surface area contributed by atoms with Crippen LogP contribution in [-0.2, 0) is 7.05 Å². The highest BCUT2D eigenvalue weighted by atomic mass is 16.5. The van der Waals surface area contributed by atoms with E-state index in [1.165, 1.54) is 6.42 Å². The Kier molecular flexibility index (Phi) is 2.21. The van der Waals surface area contributed by atoms with Crippen LogP contribution in [0.1, 0.15) is 24.7 Å². The first-order valence-electron chi connectivity index (χ1n) is 5.40. The zero-order valence-electron chi connectivity index (χ0n) is 9.05. The van der Waals surface area contributed by atoms with Gasteiger partial charge in [-0.1, -0.05) is 5.16 Å². The molecule has 6 heteroatoms. The molecule has 2 aromatic heterocycles. The van der Waals surface area contributed by atoms with Crippen molar-refractivity contribution in [2.75, 3.05) is 6.54 Å². The molecule has 0 radical (unpaired) electrons. The maximum absolute atomic E-state index is 5.24.